The second-order valence-corrected chi connectivity index (χ2v) is 8.49. The predicted molar refractivity (Wildman–Crippen MR) is 88.2 cm³/mol. The van der Waals surface area contributed by atoms with E-state index in [1.807, 2.05) is 0 Å². The molecule has 2 rings (SSSR count). The lowest BCUT2D eigenvalue weighted by molar-refractivity contribution is -0.131. The zero-order valence-electron chi connectivity index (χ0n) is 14.5. The van der Waals surface area contributed by atoms with Gasteiger partial charge in [-0.3, -0.25) is 4.79 Å². The van der Waals surface area contributed by atoms with Crippen LogP contribution in [0.4, 0.5) is 0 Å². The van der Waals surface area contributed by atoms with Gasteiger partial charge in [-0.2, -0.15) is 0 Å². The molecule has 1 aliphatic carbocycles. The number of carbonyl (C=O) groups is 1. The maximum atomic E-state index is 11.8. The molecule has 1 N–H and O–H groups in total. The molecule has 21 heavy (non-hydrogen) atoms. The summed E-state index contributed by atoms with van der Waals surface area (Å²) in [5.41, 5.74) is 0.347. The quantitative estimate of drug-likeness (QED) is 0.863. The first-order valence-corrected chi connectivity index (χ1v) is 8.85. The van der Waals surface area contributed by atoms with E-state index in [0.29, 0.717) is 23.4 Å². The molecule has 0 aromatic rings. The molecule has 1 saturated heterocycles. The molecule has 0 spiro atoms. The highest BCUT2D eigenvalue weighted by Gasteiger charge is 2.32. The van der Waals surface area contributed by atoms with Crippen molar-refractivity contribution in [3.63, 3.8) is 0 Å². The van der Waals surface area contributed by atoms with E-state index in [4.69, 9.17) is 0 Å². The number of carbonyl (C=O) groups excluding carboxylic acids is 1. The number of hydrogen-bond donors (Lipinski definition) is 1. The van der Waals surface area contributed by atoms with Gasteiger partial charge in [0, 0.05) is 32.1 Å². The molecule has 1 aliphatic heterocycles. The Kier molecular flexibility index (Phi) is 5.70. The van der Waals surface area contributed by atoms with Crippen LogP contribution in [0.1, 0.15) is 72.6 Å². The molecule has 3 nitrogen and oxygen atoms in total. The molecule has 1 amide bonds. The van der Waals surface area contributed by atoms with Crippen molar-refractivity contribution in [3.8, 4) is 0 Å². The summed E-state index contributed by atoms with van der Waals surface area (Å²) in [5.74, 6) is 0.882. The molecule has 0 radical (unpaired) electrons. The van der Waals surface area contributed by atoms with Gasteiger partial charge < -0.3 is 10.2 Å². The summed E-state index contributed by atoms with van der Waals surface area (Å²) in [4.78, 5) is 13.9. The standard InChI is InChI=1S/C18H34N2O/c1-14(21)20-12-15(11-18(2,3)4)10-17(13-20)19-16-8-6-5-7-9-16/h15-17,19H,5-13H2,1-4H3. The minimum absolute atomic E-state index is 0.240. The van der Waals surface area contributed by atoms with E-state index < -0.39 is 0 Å². The molecule has 2 aliphatic rings. The van der Waals surface area contributed by atoms with Crippen molar-refractivity contribution >= 4 is 5.91 Å². The van der Waals surface area contributed by atoms with E-state index in [0.717, 1.165) is 13.1 Å². The van der Waals surface area contributed by atoms with Crippen molar-refractivity contribution in [3.05, 3.63) is 0 Å². The SMILES string of the molecule is CC(=O)N1CC(CC(C)(C)C)CC(NC2CCCCC2)C1. The van der Waals surface area contributed by atoms with Gasteiger partial charge >= 0.3 is 0 Å². The van der Waals surface area contributed by atoms with Crippen LogP contribution in [0.5, 0.6) is 0 Å². The van der Waals surface area contributed by atoms with Gasteiger partial charge in [-0.1, -0.05) is 40.0 Å². The number of rotatable bonds is 3. The van der Waals surface area contributed by atoms with E-state index in [2.05, 4.69) is 31.0 Å². The summed E-state index contributed by atoms with van der Waals surface area (Å²) < 4.78 is 0. The van der Waals surface area contributed by atoms with Crippen molar-refractivity contribution < 1.29 is 4.79 Å². The third-order valence-corrected chi connectivity index (χ3v) is 4.96. The number of likely N-dealkylation sites (tertiary alicyclic amines) is 1. The topological polar surface area (TPSA) is 32.3 Å². The van der Waals surface area contributed by atoms with Crippen molar-refractivity contribution in [1.82, 2.24) is 10.2 Å². The van der Waals surface area contributed by atoms with Crippen LogP contribution in [-0.2, 0) is 4.79 Å². The fraction of sp³-hybridized carbons (Fsp3) is 0.944. The van der Waals surface area contributed by atoms with E-state index >= 15 is 0 Å². The maximum absolute atomic E-state index is 11.8. The Balaban J connectivity index is 1.93. The molecule has 2 atom stereocenters. The lowest BCUT2D eigenvalue weighted by Gasteiger charge is -2.41. The molecule has 1 saturated carbocycles. The van der Waals surface area contributed by atoms with Gasteiger partial charge in [0.1, 0.15) is 0 Å². The van der Waals surface area contributed by atoms with Gasteiger partial charge in [-0.25, -0.2) is 0 Å². The van der Waals surface area contributed by atoms with Gasteiger partial charge in [-0.15, -0.1) is 0 Å². The number of piperidine rings is 1. The van der Waals surface area contributed by atoms with Gasteiger partial charge in [0.05, 0.1) is 0 Å². The fourth-order valence-electron chi connectivity index (χ4n) is 4.20. The van der Waals surface area contributed by atoms with Crippen LogP contribution in [0.3, 0.4) is 0 Å². The molecular weight excluding hydrogens is 260 g/mol. The summed E-state index contributed by atoms with van der Waals surface area (Å²) in [7, 11) is 0. The van der Waals surface area contributed by atoms with Gasteiger partial charge in [-0.05, 0) is 37.0 Å². The number of hydrogen-bond acceptors (Lipinski definition) is 2. The molecule has 2 fully saturated rings. The summed E-state index contributed by atoms with van der Waals surface area (Å²) in [6.45, 7) is 10.5. The summed E-state index contributed by atoms with van der Waals surface area (Å²) >= 11 is 0. The average Bonchev–Trinajstić information content (AvgIpc) is 2.37. The maximum Gasteiger partial charge on any atom is 0.219 e. The number of nitrogens with one attached hydrogen (secondary N) is 1. The summed E-state index contributed by atoms with van der Waals surface area (Å²) in [5, 5.41) is 3.86. The van der Waals surface area contributed by atoms with Gasteiger partial charge in [0.2, 0.25) is 5.91 Å². The Morgan fingerprint density at radius 3 is 2.33 bits per heavy atom. The fourth-order valence-corrected chi connectivity index (χ4v) is 4.20. The lowest BCUT2D eigenvalue weighted by Crippen LogP contribution is -2.53. The zero-order valence-corrected chi connectivity index (χ0v) is 14.5. The average molecular weight is 294 g/mol. The molecular formula is C18H34N2O. The second-order valence-electron chi connectivity index (χ2n) is 8.49. The first kappa shape index (κ1) is 16.8. The van der Waals surface area contributed by atoms with Crippen LogP contribution >= 0.6 is 0 Å². The Hall–Kier alpha value is -0.570. The highest BCUT2D eigenvalue weighted by Crippen LogP contribution is 2.31. The minimum Gasteiger partial charge on any atom is -0.341 e. The second kappa shape index (κ2) is 7.13. The molecule has 0 bridgehead atoms. The van der Waals surface area contributed by atoms with E-state index in [9.17, 15) is 4.79 Å². The van der Waals surface area contributed by atoms with Crippen LogP contribution in [0.2, 0.25) is 0 Å². The largest absolute Gasteiger partial charge is 0.341 e. The Bertz CT molecular complexity index is 342. The molecule has 122 valence electrons. The smallest absolute Gasteiger partial charge is 0.219 e. The summed E-state index contributed by atoms with van der Waals surface area (Å²) in [6, 6.07) is 1.18. The molecule has 0 aromatic heterocycles. The van der Waals surface area contributed by atoms with Crippen molar-refractivity contribution in [2.75, 3.05) is 13.1 Å². The molecule has 1 heterocycles. The highest BCUT2D eigenvalue weighted by molar-refractivity contribution is 5.73. The van der Waals surface area contributed by atoms with Crippen molar-refractivity contribution in [1.29, 1.82) is 0 Å². The zero-order chi connectivity index (χ0) is 15.5. The molecule has 3 heteroatoms. The lowest BCUT2D eigenvalue weighted by atomic mass is 9.79. The Labute approximate surface area is 130 Å². The molecule has 0 aromatic carbocycles. The first-order valence-electron chi connectivity index (χ1n) is 8.85. The number of amides is 1. The van der Waals surface area contributed by atoms with E-state index in [1.165, 1.54) is 44.9 Å². The minimum atomic E-state index is 0.240. The van der Waals surface area contributed by atoms with Crippen LogP contribution in [0.15, 0.2) is 0 Å². The van der Waals surface area contributed by atoms with Crippen LogP contribution < -0.4 is 5.32 Å². The monoisotopic (exact) mass is 294 g/mol. The van der Waals surface area contributed by atoms with Gasteiger partial charge in [0.25, 0.3) is 0 Å². The summed E-state index contributed by atoms with van der Waals surface area (Å²) in [6.07, 6.45) is 9.21. The van der Waals surface area contributed by atoms with Crippen molar-refractivity contribution in [2.24, 2.45) is 11.3 Å². The first-order chi connectivity index (χ1) is 9.83. The van der Waals surface area contributed by atoms with Crippen LogP contribution in [-0.4, -0.2) is 36.0 Å². The van der Waals surface area contributed by atoms with Crippen LogP contribution in [0.25, 0.3) is 0 Å². The van der Waals surface area contributed by atoms with Crippen LogP contribution in [0, 0.1) is 11.3 Å². The van der Waals surface area contributed by atoms with E-state index in [-0.39, 0.29) is 5.91 Å². The number of nitrogens with zero attached hydrogens (tertiary/aromatic N) is 1. The van der Waals surface area contributed by atoms with Crippen molar-refractivity contribution in [2.45, 2.75) is 84.7 Å². The Morgan fingerprint density at radius 2 is 1.76 bits per heavy atom. The third-order valence-electron chi connectivity index (χ3n) is 4.96. The predicted octanol–water partition coefficient (Wildman–Crippen LogP) is 3.58. The normalized spacial score (nSPS) is 28.7. The third kappa shape index (κ3) is 5.61. The van der Waals surface area contributed by atoms with Gasteiger partial charge in [0.15, 0.2) is 0 Å². The highest BCUT2D eigenvalue weighted by atomic mass is 16.2. The van der Waals surface area contributed by atoms with E-state index in [1.54, 1.807) is 6.92 Å². The molecule has 2 unspecified atom stereocenters. The Morgan fingerprint density at radius 1 is 1.10 bits per heavy atom.